The largest absolute Gasteiger partial charge is 0.382 e. The van der Waals surface area contributed by atoms with Crippen molar-refractivity contribution in [1.29, 1.82) is 0 Å². The molecule has 1 rings (SSSR count). The molecule has 0 amide bonds. The smallest absolute Gasteiger partial charge is 0.0701 e. The van der Waals surface area contributed by atoms with Gasteiger partial charge >= 0.3 is 0 Å². The summed E-state index contributed by atoms with van der Waals surface area (Å²) in [5.74, 6) is 0. The average Bonchev–Trinajstić information content (AvgIpc) is 2.39. The Kier molecular flexibility index (Phi) is 9.46. The first-order chi connectivity index (χ1) is 9.65. The van der Waals surface area contributed by atoms with Crippen molar-refractivity contribution in [3.63, 3.8) is 0 Å². The molecule has 6 heteroatoms. The lowest BCUT2D eigenvalue weighted by atomic mass is 10.2. The standard InChI is InChI=1S/C14H21Br2NO3/c1-11-9-12(15)14(13(16)10-11)17-3-4-19-7-8-20-6-5-18-2/h9-10,17H,3-8H2,1-2H3. The number of halogens is 2. The number of benzene rings is 1. The molecule has 114 valence electrons. The quantitative estimate of drug-likeness (QED) is 0.598. The average molecular weight is 411 g/mol. The summed E-state index contributed by atoms with van der Waals surface area (Å²) in [5.41, 5.74) is 2.26. The number of hydrogen-bond acceptors (Lipinski definition) is 4. The minimum Gasteiger partial charge on any atom is -0.382 e. The number of methoxy groups -OCH3 is 1. The van der Waals surface area contributed by atoms with Crippen LogP contribution in [0, 0.1) is 6.92 Å². The summed E-state index contributed by atoms with van der Waals surface area (Å²) < 4.78 is 17.8. The molecule has 0 spiro atoms. The molecule has 0 heterocycles. The van der Waals surface area contributed by atoms with Gasteiger partial charge in [-0.25, -0.2) is 0 Å². The van der Waals surface area contributed by atoms with Crippen molar-refractivity contribution in [2.45, 2.75) is 6.92 Å². The van der Waals surface area contributed by atoms with Crippen molar-refractivity contribution < 1.29 is 14.2 Å². The Bertz CT molecular complexity index is 379. The van der Waals surface area contributed by atoms with E-state index in [4.69, 9.17) is 14.2 Å². The van der Waals surface area contributed by atoms with Gasteiger partial charge in [-0.3, -0.25) is 0 Å². The van der Waals surface area contributed by atoms with Gasteiger partial charge in [-0.1, -0.05) is 0 Å². The molecule has 0 unspecified atom stereocenters. The van der Waals surface area contributed by atoms with E-state index in [9.17, 15) is 0 Å². The van der Waals surface area contributed by atoms with Crippen LogP contribution in [-0.4, -0.2) is 46.7 Å². The van der Waals surface area contributed by atoms with Gasteiger partial charge in [0.25, 0.3) is 0 Å². The normalized spacial score (nSPS) is 10.8. The Balaban J connectivity index is 2.13. The summed E-state index contributed by atoms with van der Waals surface area (Å²) in [5, 5.41) is 3.34. The number of hydrogen-bond donors (Lipinski definition) is 1. The zero-order chi connectivity index (χ0) is 14.8. The maximum atomic E-state index is 5.48. The van der Waals surface area contributed by atoms with Crippen molar-refractivity contribution in [2.24, 2.45) is 0 Å². The first-order valence-corrected chi connectivity index (χ1v) is 8.07. The van der Waals surface area contributed by atoms with Crippen LogP contribution >= 0.6 is 31.9 Å². The molecule has 0 aliphatic carbocycles. The van der Waals surface area contributed by atoms with E-state index in [-0.39, 0.29) is 0 Å². The van der Waals surface area contributed by atoms with Crippen molar-refractivity contribution in [2.75, 3.05) is 52.0 Å². The highest BCUT2D eigenvalue weighted by atomic mass is 79.9. The van der Waals surface area contributed by atoms with Crippen LogP contribution in [0.3, 0.4) is 0 Å². The Morgan fingerprint density at radius 2 is 1.50 bits per heavy atom. The van der Waals surface area contributed by atoms with E-state index in [0.29, 0.717) is 33.0 Å². The van der Waals surface area contributed by atoms with E-state index < -0.39 is 0 Å². The van der Waals surface area contributed by atoms with Gasteiger partial charge in [0.15, 0.2) is 0 Å². The van der Waals surface area contributed by atoms with Crippen molar-refractivity contribution in [3.05, 3.63) is 26.6 Å². The van der Waals surface area contributed by atoms with Gasteiger partial charge in [0, 0.05) is 22.6 Å². The molecule has 1 aromatic rings. The molecule has 0 aromatic heterocycles. The Hall–Kier alpha value is -0.140. The van der Waals surface area contributed by atoms with Gasteiger partial charge in [0.2, 0.25) is 0 Å². The number of anilines is 1. The lowest BCUT2D eigenvalue weighted by Gasteiger charge is -2.12. The Morgan fingerprint density at radius 3 is 2.10 bits per heavy atom. The first kappa shape index (κ1) is 17.9. The number of rotatable bonds is 10. The zero-order valence-electron chi connectivity index (χ0n) is 11.9. The molecular weight excluding hydrogens is 390 g/mol. The fraction of sp³-hybridized carbons (Fsp3) is 0.571. The van der Waals surface area contributed by atoms with Gasteiger partial charge in [-0.2, -0.15) is 0 Å². The van der Waals surface area contributed by atoms with Gasteiger partial charge in [0.1, 0.15) is 0 Å². The highest BCUT2D eigenvalue weighted by Gasteiger charge is 2.05. The molecule has 1 N–H and O–H groups in total. The summed E-state index contributed by atoms with van der Waals surface area (Å²) in [4.78, 5) is 0. The third kappa shape index (κ3) is 7.04. The van der Waals surface area contributed by atoms with Crippen molar-refractivity contribution in [3.8, 4) is 0 Å². The van der Waals surface area contributed by atoms with E-state index >= 15 is 0 Å². The second-order valence-electron chi connectivity index (χ2n) is 4.25. The van der Waals surface area contributed by atoms with Crippen LogP contribution in [0.2, 0.25) is 0 Å². The third-order valence-electron chi connectivity index (χ3n) is 2.54. The number of aryl methyl sites for hydroxylation is 1. The Morgan fingerprint density at radius 1 is 0.950 bits per heavy atom. The molecule has 0 saturated carbocycles. The zero-order valence-corrected chi connectivity index (χ0v) is 15.1. The summed E-state index contributed by atoms with van der Waals surface area (Å²) in [6, 6.07) is 4.16. The van der Waals surface area contributed by atoms with Crippen molar-refractivity contribution in [1.82, 2.24) is 0 Å². The third-order valence-corrected chi connectivity index (χ3v) is 3.79. The van der Waals surface area contributed by atoms with Crippen molar-refractivity contribution >= 4 is 37.5 Å². The number of ether oxygens (including phenoxy) is 3. The SMILES string of the molecule is COCCOCCOCCNc1c(Br)cc(C)cc1Br. The maximum Gasteiger partial charge on any atom is 0.0701 e. The number of nitrogens with one attached hydrogen (secondary N) is 1. The predicted molar refractivity (Wildman–Crippen MR) is 88.6 cm³/mol. The maximum absolute atomic E-state index is 5.48. The fourth-order valence-electron chi connectivity index (χ4n) is 1.58. The van der Waals surface area contributed by atoms with Crippen LogP contribution in [0.5, 0.6) is 0 Å². The first-order valence-electron chi connectivity index (χ1n) is 6.49. The minimum absolute atomic E-state index is 0.598. The molecule has 1 aromatic carbocycles. The second kappa shape index (κ2) is 10.6. The molecule has 0 radical (unpaired) electrons. The molecule has 20 heavy (non-hydrogen) atoms. The van der Waals surface area contributed by atoms with E-state index in [1.807, 2.05) is 0 Å². The van der Waals surface area contributed by atoms with Gasteiger partial charge < -0.3 is 19.5 Å². The van der Waals surface area contributed by atoms with Gasteiger partial charge in [0.05, 0.1) is 38.7 Å². The lowest BCUT2D eigenvalue weighted by Crippen LogP contribution is -2.14. The monoisotopic (exact) mass is 409 g/mol. The second-order valence-corrected chi connectivity index (χ2v) is 5.96. The summed E-state index contributed by atoms with van der Waals surface area (Å²) in [6.07, 6.45) is 0. The summed E-state index contributed by atoms with van der Waals surface area (Å²) in [7, 11) is 1.66. The minimum atomic E-state index is 0.598. The highest BCUT2D eigenvalue weighted by molar-refractivity contribution is 9.11. The lowest BCUT2D eigenvalue weighted by molar-refractivity contribution is 0.0272. The predicted octanol–water partition coefficient (Wildman–Crippen LogP) is 3.61. The Labute approximate surface area is 137 Å². The van der Waals surface area contributed by atoms with Crippen LogP contribution in [0.1, 0.15) is 5.56 Å². The molecule has 4 nitrogen and oxygen atoms in total. The van der Waals surface area contributed by atoms with Crippen LogP contribution < -0.4 is 5.32 Å². The van der Waals surface area contributed by atoms with E-state index in [2.05, 4.69) is 56.2 Å². The van der Waals surface area contributed by atoms with E-state index in [1.54, 1.807) is 7.11 Å². The molecule has 0 bridgehead atoms. The molecule has 0 fully saturated rings. The van der Waals surface area contributed by atoms with E-state index in [1.165, 1.54) is 5.56 Å². The van der Waals surface area contributed by atoms with Crippen LogP contribution in [0.4, 0.5) is 5.69 Å². The van der Waals surface area contributed by atoms with Crippen LogP contribution in [0.25, 0.3) is 0 Å². The molecule has 0 saturated heterocycles. The highest BCUT2D eigenvalue weighted by Crippen LogP contribution is 2.31. The van der Waals surface area contributed by atoms with E-state index in [0.717, 1.165) is 21.2 Å². The molecular formula is C14H21Br2NO3. The molecule has 0 atom stereocenters. The molecule has 0 aliphatic rings. The fourth-order valence-corrected chi connectivity index (χ4v) is 3.28. The van der Waals surface area contributed by atoms with Crippen LogP contribution in [0.15, 0.2) is 21.1 Å². The summed E-state index contributed by atoms with van der Waals surface area (Å²) in [6.45, 7) is 5.88. The van der Waals surface area contributed by atoms with Gasteiger partial charge in [-0.15, -0.1) is 0 Å². The topological polar surface area (TPSA) is 39.7 Å². The van der Waals surface area contributed by atoms with Crippen LogP contribution in [-0.2, 0) is 14.2 Å². The summed E-state index contributed by atoms with van der Waals surface area (Å²) >= 11 is 7.10. The molecule has 0 aliphatic heterocycles. The van der Waals surface area contributed by atoms with Gasteiger partial charge in [-0.05, 0) is 56.5 Å².